The lowest BCUT2D eigenvalue weighted by Crippen LogP contribution is -1.95. The number of ether oxygens (including phenoxy) is 1. The minimum Gasteiger partial charge on any atom is -0.495 e. The highest BCUT2D eigenvalue weighted by Crippen LogP contribution is 2.40. The van der Waals surface area contributed by atoms with Crippen LogP contribution in [-0.4, -0.2) is 7.11 Å². The number of alkyl halides is 1. The van der Waals surface area contributed by atoms with Crippen molar-refractivity contribution in [2.24, 2.45) is 0 Å². The second-order valence-electron chi connectivity index (χ2n) is 3.90. The van der Waals surface area contributed by atoms with Crippen LogP contribution in [0.25, 0.3) is 0 Å². The summed E-state index contributed by atoms with van der Waals surface area (Å²) in [6, 6.07) is 11.1. The van der Waals surface area contributed by atoms with E-state index >= 15 is 0 Å². The van der Waals surface area contributed by atoms with E-state index in [-0.39, 0.29) is 4.83 Å². The molecule has 2 aromatic rings. The lowest BCUT2D eigenvalue weighted by atomic mass is 10.0. The average Bonchev–Trinajstić information content (AvgIpc) is 2.41. The number of hydrogen-bond donors (Lipinski definition) is 0. The fourth-order valence-electron chi connectivity index (χ4n) is 1.74. The first-order valence-corrected chi connectivity index (χ1v) is 7.51. The Morgan fingerprint density at radius 3 is 2.42 bits per heavy atom. The van der Waals surface area contributed by atoms with Crippen molar-refractivity contribution in [1.82, 2.24) is 0 Å². The second kappa shape index (κ2) is 6.36. The van der Waals surface area contributed by atoms with Gasteiger partial charge >= 0.3 is 0 Å². The van der Waals surface area contributed by atoms with Crippen molar-refractivity contribution in [3.05, 3.63) is 62.6 Å². The molecule has 0 saturated carbocycles. The zero-order valence-electron chi connectivity index (χ0n) is 9.96. The maximum Gasteiger partial charge on any atom is 0.137 e. The third-order valence-corrected chi connectivity index (χ3v) is 4.87. The molecule has 0 amide bonds. The molecule has 2 aromatic carbocycles. The highest BCUT2D eigenvalue weighted by atomic mass is 79.9. The van der Waals surface area contributed by atoms with Gasteiger partial charge in [0.25, 0.3) is 0 Å². The van der Waals surface area contributed by atoms with Crippen LogP contribution in [0, 0.1) is 0 Å². The van der Waals surface area contributed by atoms with Crippen LogP contribution in [0.3, 0.4) is 0 Å². The van der Waals surface area contributed by atoms with Crippen molar-refractivity contribution < 1.29 is 4.74 Å². The monoisotopic (exact) mass is 378 g/mol. The molecule has 0 aliphatic heterocycles. The molecule has 19 heavy (non-hydrogen) atoms. The fourth-order valence-corrected chi connectivity index (χ4v) is 3.22. The van der Waals surface area contributed by atoms with E-state index in [1.165, 1.54) is 0 Å². The molecule has 2 rings (SSSR count). The van der Waals surface area contributed by atoms with Gasteiger partial charge in [-0.05, 0) is 29.3 Å². The van der Waals surface area contributed by atoms with Crippen molar-refractivity contribution in [1.29, 1.82) is 0 Å². The van der Waals surface area contributed by atoms with Gasteiger partial charge < -0.3 is 4.74 Å². The first kappa shape index (κ1) is 15.0. The number of methoxy groups -OCH3 is 1. The number of rotatable bonds is 3. The van der Waals surface area contributed by atoms with Crippen LogP contribution >= 0.6 is 50.7 Å². The summed E-state index contributed by atoms with van der Waals surface area (Å²) >= 11 is 22.0. The van der Waals surface area contributed by atoms with E-state index in [4.69, 9.17) is 39.5 Å². The Hall–Kier alpha value is -0.410. The Morgan fingerprint density at radius 2 is 1.79 bits per heavy atom. The van der Waals surface area contributed by atoms with E-state index in [2.05, 4.69) is 15.9 Å². The van der Waals surface area contributed by atoms with Crippen molar-refractivity contribution in [2.75, 3.05) is 7.11 Å². The highest BCUT2D eigenvalue weighted by Gasteiger charge is 2.16. The Labute approximate surface area is 135 Å². The van der Waals surface area contributed by atoms with Crippen LogP contribution in [0.5, 0.6) is 5.75 Å². The Bertz CT molecular complexity index is 601. The molecular formula is C14H10BrCl3O. The first-order valence-electron chi connectivity index (χ1n) is 5.46. The van der Waals surface area contributed by atoms with Crippen molar-refractivity contribution >= 4 is 50.7 Å². The number of halogens is 4. The van der Waals surface area contributed by atoms with Crippen LogP contribution in [0.1, 0.15) is 16.0 Å². The van der Waals surface area contributed by atoms with Crippen LogP contribution in [-0.2, 0) is 0 Å². The van der Waals surface area contributed by atoms with E-state index in [0.717, 1.165) is 11.1 Å². The minimum absolute atomic E-state index is 0.0814. The maximum absolute atomic E-state index is 6.22. The van der Waals surface area contributed by atoms with Crippen LogP contribution in [0.2, 0.25) is 15.1 Å². The molecule has 0 aliphatic rings. The lowest BCUT2D eigenvalue weighted by molar-refractivity contribution is 0.415. The van der Waals surface area contributed by atoms with E-state index < -0.39 is 0 Å². The molecule has 0 fully saturated rings. The van der Waals surface area contributed by atoms with E-state index in [1.807, 2.05) is 30.3 Å². The molecule has 0 N–H and O–H groups in total. The molecular weight excluding hydrogens is 370 g/mol. The summed E-state index contributed by atoms with van der Waals surface area (Å²) in [6.07, 6.45) is 0. The predicted octanol–water partition coefficient (Wildman–Crippen LogP) is 6.14. The topological polar surface area (TPSA) is 9.23 Å². The molecule has 0 radical (unpaired) electrons. The van der Waals surface area contributed by atoms with Gasteiger partial charge in [-0.25, -0.2) is 0 Å². The minimum atomic E-state index is -0.0814. The maximum atomic E-state index is 6.22. The molecule has 1 atom stereocenters. The van der Waals surface area contributed by atoms with E-state index in [9.17, 15) is 0 Å². The second-order valence-corrected chi connectivity index (χ2v) is 6.01. The van der Waals surface area contributed by atoms with Gasteiger partial charge in [0, 0.05) is 0 Å². The largest absolute Gasteiger partial charge is 0.495 e. The summed E-state index contributed by atoms with van der Waals surface area (Å²) in [6.45, 7) is 0. The van der Waals surface area contributed by atoms with Gasteiger partial charge in [0.15, 0.2) is 0 Å². The highest BCUT2D eigenvalue weighted by molar-refractivity contribution is 9.09. The summed E-state index contributed by atoms with van der Waals surface area (Å²) in [5.74, 6) is 0.641. The van der Waals surface area contributed by atoms with Gasteiger partial charge in [-0.15, -0.1) is 0 Å². The molecule has 0 bridgehead atoms. The zero-order valence-corrected chi connectivity index (χ0v) is 13.8. The van der Waals surface area contributed by atoms with Gasteiger partial charge in [0.05, 0.1) is 27.0 Å². The molecule has 5 heteroatoms. The van der Waals surface area contributed by atoms with Gasteiger partial charge in [-0.2, -0.15) is 0 Å². The lowest BCUT2D eigenvalue weighted by Gasteiger charge is -2.14. The fraction of sp³-hybridized carbons (Fsp3) is 0.143. The normalized spacial score (nSPS) is 12.3. The Kier molecular flexibility index (Phi) is 5.02. The van der Waals surface area contributed by atoms with Crippen molar-refractivity contribution in [3.8, 4) is 5.75 Å². The third kappa shape index (κ3) is 3.19. The first-order chi connectivity index (χ1) is 9.04. The Balaban J connectivity index is 2.41. The van der Waals surface area contributed by atoms with Crippen LogP contribution in [0.15, 0.2) is 36.4 Å². The molecule has 0 saturated heterocycles. The molecule has 0 heterocycles. The van der Waals surface area contributed by atoms with E-state index in [1.54, 1.807) is 13.2 Å². The Morgan fingerprint density at radius 1 is 1.05 bits per heavy atom. The summed E-state index contributed by atoms with van der Waals surface area (Å²) in [5, 5.41) is 1.63. The number of benzene rings is 2. The molecule has 0 aromatic heterocycles. The third-order valence-electron chi connectivity index (χ3n) is 2.72. The molecule has 1 unspecified atom stereocenters. The average molecular weight is 380 g/mol. The van der Waals surface area contributed by atoms with Crippen LogP contribution < -0.4 is 4.74 Å². The predicted molar refractivity (Wildman–Crippen MR) is 85.2 cm³/mol. The summed E-state index contributed by atoms with van der Waals surface area (Å²) in [4.78, 5) is -0.0814. The van der Waals surface area contributed by atoms with E-state index in [0.29, 0.717) is 20.8 Å². The molecule has 0 aliphatic carbocycles. The smallest absolute Gasteiger partial charge is 0.137 e. The number of hydrogen-bond acceptors (Lipinski definition) is 1. The van der Waals surface area contributed by atoms with Crippen molar-refractivity contribution in [3.63, 3.8) is 0 Å². The van der Waals surface area contributed by atoms with Gasteiger partial charge in [0.1, 0.15) is 5.75 Å². The standard InChI is InChI=1S/C14H10BrCl3O/c1-19-12-6-5-8(7-11(12)17)13(15)9-3-2-4-10(16)14(9)18/h2-7,13H,1H3. The van der Waals surface area contributed by atoms with Crippen molar-refractivity contribution in [2.45, 2.75) is 4.83 Å². The summed E-state index contributed by atoms with van der Waals surface area (Å²) < 4.78 is 5.13. The van der Waals surface area contributed by atoms with Crippen LogP contribution in [0.4, 0.5) is 0 Å². The zero-order chi connectivity index (χ0) is 14.0. The molecule has 100 valence electrons. The summed E-state index contributed by atoms with van der Waals surface area (Å²) in [7, 11) is 1.58. The van der Waals surface area contributed by atoms with Gasteiger partial charge in [-0.3, -0.25) is 0 Å². The SMILES string of the molecule is COc1ccc(C(Br)c2cccc(Cl)c2Cl)cc1Cl. The quantitative estimate of drug-likeness (QED) is 0.581. The van der Waals surface area contributed by atoms with Gasteiger partial charge in [-0.1, -0.05) is 68.9 Å². The molecule has 1 nitrogen and oxygen atoms in total. The summed E-state index contributed by atoms with van der Waals surface area (Å²) in [5.41, 5.74) is 1.88. The van der Waals surface area contributed by atoms with Gasteiger partial charge in [0.2, 0.25) is 0 Å². The molecule has 0 spiro atoms.